The first-order valence-electron chi connectivity index (χ1n) is 9.24. The number of hydrogen-bond donors (Lipinski definition) is 0. The lowest BCUT2D eigenvalue weighted by Crippen LogP contribution is -2.49. The van der Waals surface area contributed by atoms with E-state index in [2.05, 4.69) is 52.0 Å². The first kappa shape index (κ1) is 17.5. The van der Waals surface area contributed by atoms with Gasteiger partial charge in [-0.3, -0.25) is 9.48 Å². The fourth-order valence-corrected chi connectivity index (χ4v) is 3.57. The first-order chi connectivity index (χ1) is 13.0. The molecule has 3 heterocycles. The molecule has 0 aliphatic carbocycles. The second kappa shape index (κ2) is 6.98. The molecule has 1 aliphatic heterocycles. The van der Waals surface area contributed by atoms with Gasteiger partial charge in [0.05, 0.1) is 18.0 Å². The minimum atomic E-state index is 0.187. The van der Waals surface area contributed by atoms with Crippen LogP contribution in [0.4, 0.5) is 5.82 Å². The van der Waals surface area contributed by atoms with E-state index in [1.54, 1.807) is 11.0 Å². The number of amides is 1. The van der Waals surface area contributed by atoms with E-state index in [-0.39, 0.29) is 5.91 Å². The summed E-state index contributed by atoms with van der Waals surface area (Å²) in [5.41, 5.74) is 4.40. The van der Waals surface area contributed by atoms with E-state index < -0.39 is 0 Å². The van der Waals surface area contributed by atoms with Gasteiger partial charge in [0, 0.05) is 33.2 Å². The Bertz CT molecular complexity index is 987. The molecule has 1 aromatic carbocycles. The molecule has 1 fully saturated rings. The van der Waals surface area contributed by atoms with Gasteiger partial charge in [0.1, 0.15) is 12.1 Å². The minimum Gasteiger partial charge on any atom is -0.352 e. The Hall–Kier alpha value is -2.96. The lowest BCUT2D eigenvalue weighted by atomic mass is 10.0. The van der Waals surface area contributed by atoms with Crippen LogP contribution in [0.1, 0.15) is 16.7 Å². The molecular formula is C20H24N6O. The van der Waals surface area contributed by atoms with Gasteiger partial charge in [-0.15, -0.1) is 0 Å². The molecule has 3 aromatic rings. The molecule has 140 valence electrons. The van der Waals surface area contributed by atoms with E-state index in [0.29, 0.717) is 19.5 Å². The van der Waals surface area contributed by atoms with E-state index >= 15 is 0 Å². The Morgan fingerprint density at radius 2 is 1.85 bits per heavy atom. The number of benzene rings is 1. The van der Waals surface area contributed by atoms with E-state index in [0.717, 1.165) is 35.5 Å². The lowest BCUT2D eigenvalue weighted by molar-refractivity contribution is -0.130. The van der Waals surface area contributed by atoms with Crippen LogP contribution in [0.15, 0.2) is 30.7 Å². The number of piperazine rings is 1. The van der Waals surface area contributed by atoms with Crippen molar-refractivity contribution in [2.45, 2.75) is 20.3 Å². The number of aromatic nitrogens is 4. The van der Waals surface area contributed by atoms with Gasteiger partial charge in [-0.1, -0.05) is 18.2 Å². The highest BCUT2D eigenvalue weighted by atomic mass is 16.2. The van der Waals surface area contributed by atoms with Crippen molar-refractivity contribution >= 4 is 22.8 Å². The quantitative estimate of drug-likeness (QED) is 0.710. The Labute approximate surface area is 158 Å². The summed E-state index contributed by atoms with van der Waals surface area (Å²) in [5, 5.41) is 5.23. The van der Waals surface area contributed by atoms with Gasteiger partial charge in [-0.05, 0) is 30.5 Å². The zero-order valence-electron chi connectivity index (χ0n) is 16.0. The van der Waals surface area contributed by atoms with Crippen molar-refractivity contribution in [1.82, 2.24) is 24.6 Å². The number of fused-ring (bicyclic) bond motifs is 1. The molecule has 0 N–H and O–H groups in total. The second-order valence-corrected chi connectivity index (χ2v) is 7.17. The molecular weight excluding hydrogens is 340 g/mol. The summed E-state index contributed by atoms with van der Waals surface area (Å²) in [6.07, 6.45) is 3.85. The van der Waals surface area contributed by atoms with Crippen LogP contribution in [0, 0.1) is 13.8 Å². The fraction of sp³-hybridized carbons (Fsp3) is 0.400. The van der Waals surface area contributed by atoms with Gasteiger partial charge in [-0.25, -0.2) is 9.97 Å². The van der Waals surface area contributed by atoms with Crippen LogP contribution in [0.25, 0.3) is 11.0 Å². The predicted molar refractivity (Wildman–Crippen MR) is 105 cm³/mol. The maximum absolute atomic E-state index is 12.7. The lowest BCUT2D eigenvalue weighted by Gasteiger charge is -2.35. The zero-order valence-corrected chi connectivity index (χ0v) is 16.0. The molecule has 4 rings (SSSR count). The summed E-state index contributed by atoms with van der Waals surface area (Å²) in [6.45, 7) is 7.11. The number of nitrogens with zero attached hydrogens (tertiary/aromatic N) is 6. The topological polar surface area (TPSA) is 67.2 Å². The Balaban J connectivity index is 1.42. The largest absolute Gasteiger partial charge is 0.352 e. The molecule has 1 saturated heterocycles. The summed E-state index contributed by atoms with van der Waals surface area (Å²) < 4.78 is 1.75. The number of carbonyl (C=O) groups is 1. The van der Waals surface area contributed by atoms with Crippen LogP contribution in [0.5, 0.6) is 0 Å². The van der Waals surface area contributed by atoms with E-state index in [1.807, 2.05) is 18.1 Å². The minimum absolute atomic E-state index is 0.187. The third kappa shape index (κ3) is 3.37. The smallest absolute Gasteiger partial charge is 0.227 e. The molecule has 2 aromatic heterocycles. The third-order valence-electron chi connectivity index (χ3n) is 5.37. The maximum Gasteiger partial charge on any atom is 0.227 e. The number of hydrogen-bond acceptors (Lipinski definition) is 5. The molecule has 1 aliphatic rings. The first-order valence-corrected chi connectivity index (χ1v) is 9.24. The Morgan fingerprint density at radius 3 is 2.59 bits per heavy atom. The van der Waals surface area contributed by atoms with E-state index in [4.69, 9.17) is 0 Å². The molecule has 0 spiro atoms. The number of carbonyl (C=O) groups excluding carboxylic acids is 1. The third-order valence-corrected chi connectivity index (χ3v) is 5.37. The van der Waals surface area contributed by atoms with Crippen LogP contribution in [-0.4, -0.2) is 56.7 Å². The van der Waals surface area contributed by atoms with Gasteiger partial charge in [0.25, 0.3) is 0 Å². The molecule has 7 nitrogen and oxygen atoms in total. The van der Waals surface area contributed by atoms with Crippen LogP contribution in [0.3, 0.4) is 0 Å². The van der Waals surface area contributed by atoms with Crippen molar-refractivity contribution in [3.8, 4) is 0 Å². The Morgan fingerprint density at radius 1 is 1.07 bits per heavy atom. The average molecular weight is 364 g/mol. The highest BCUT2D eigenvalue weighted by Crippen LogP contribution is 2.23. The highest BCUT2D eigenvalue weighted by Gasteiger charge is 2.23. The standard InChI is InChI=1S/C20H24N6O/c1-14-4-5-16(10-15(14)2)11-18(27)25-6-8-26(9-7-25)20-17-12-23-24(3)19(17)21-13-22-20/h4-5,10,12-13H,6-9,11H2,1-3H3. The monoisotopic (exact) mass is 364 g/mol. The summed E-state index contributed by atoms with van der Waals surface area (Å²) in [5.74, 6) is 1.08. The molecule has 27 heavy (non-hydrogen) atoms. The van der Waals surface area contributed by atoms with E-state index in [9.17, 15) is 4.79 Å². The average Bonchev–Trinajstić information content (AvgIpc) is 3.06. The van der Waals surface area contributed by atoms with Gasteiger partial charge >= 0.3 is 0 Å². The van der Waals surface area contributed by atoms with Crippen molar-refractivity contribution in [1.29, 1.82) is 0 Å². The Kier molecular flexibility index (Phi) is 4.51. The molecule has 0 atom stereocenters. The van der Waals surface area contributed by atoms with Crippen molar-refractivity contribution in [3.05, 3.63) is 47.4 Å². The van der Waals surface area contributed by atoms with Gasteiger partial charge in [0.2, 0.25) is 5.91 Å². The molecule has 0 saturated carbocycles. The van der Waals surface area contributed by atoms with Crippen LogP contribution in [0.2, 0.25) is 0 Å². The SMILES string of the molecule is Cc1ccc(CC(=O)N2CCN(c3ncnc4c3cnn4C)CC2)cc1C. The van der Waals surface area contributed by atoms with Gasteiger partial charge < -0.3 is 9.80 Å². The molecule has 0 radical (unpaired) electrons. The summed E-state index contributed by atoms with van der Waals surface area (Å²) in [6, 6.07) is 6.25. The fourth-order valence-electron chi connectivity index (χ4n) is 3.57. The molecule has 7 heteroatoms. The van der Waals surface area contributed by atoms with Gasteiger partial charge in [-0.2, -0.15) is 5.10 Å². The van der Waals surface area contributed by atoms with Crippen LogP contribution >= 0.6 is 0 Å². The molecule has 0 unspecified atom stereocenters. The normalized spacial score (nSPS) is 14.8. The van der Waals surface area contributed by atoms with Crippen molar-refractivity contribution in [2.75, 3.05) is 31.1 Å². The predicted octanol–water partition coefficient (Wildman–Crippen LogP) is 1.87. The zero-order chi connectivity index (χ0) is 19.0. The highest BCUT2D eigenvalue weighted by molar-refractivity contribution is 5.87. The van der Waals surface area contributed by atoms with Gasteiger partial charge in [0.15, 0.2) is 5.65 Å². The summed E-state index contributed by atoms with van der Waals surface area (Å²) in [7, 11) is 1.88. The number of anilines is 1. The van der Waals surface area contributed by atoms with E-state index in [1.165, 1.54) is 11.1 Å². The number of aryl methyl sites for hydroxylation is 3. The molecule has 1 amide bonds. The van der Waals surface area contributed by atoms with Crippen LogP contribution < -0.4 is 4.90 Å². The van der Waals surface area contributed by atoms with Crippen molar-refractivity contribution < 1.29 is 4.79 Å². The van der Waals surface area contributed by atoms with Crippen molar-refractivity contribution in [3.63, 3.8) is 0 Å². The maximum atomic E-state index is 12.7. The second-order valence-electron chi connectivity index (χ2n) is 7.17. The number of rotatable bonds is 3. The summed E-state index contributed by atoms with van der Waals surface area (Å²) in [4.78, 5) is 25.6. The molecule has 0 bridgehead atoms. The van der Waals surface area contributed by atoms with Crippen molar-refractivity contribution in [2.24, 2.45) is 7.05 Å². The summed E-state index contributed by atoms with van der Waals surface area (Å²) >= 11 is 0. The van der Waals surface area contributed by atoms with Crippen LogP contribution in [-0.2, 0) is 18.3 Å².